The third kappa shape index (κ3) is 9.84. The molecule has 2 nitrogen and oxygen atoms in total. The molecule has 0 fully saturated rings. The zero-order valence-electron chi connectivity index (χ0n) is 9.18. The quantitative estimate of drug-likeness (QED) is 0.543. The molecule has 80 valence electrons. The molecule has 0 aromatic heterocycles. The Labute approximate surface area is 82.7 Å². The summed E-state index contributed by atoms with van der Waals surface area (Å²) in [6.45, 7) is 2.96. The van der Waals surface area contributed by atoms with Crippen molar-refractivity contribution in [2.24, 2.45) is 0 Å². The Hall–Kier alpha value is -0.0800. The maximum absolute atomic E-state index is 9.39. The first-order valence-corrected chi connectivity index (χ1v) is 5.64. The molecular weight excluding hydrogens is 162 g/mol. The van der Waals surface area contributed by atoms with Crippen molar-refractivity contribution < 1.29 is 5.11 Å². The van der Waals surface area contributed by atoms with E-state index >= 15 is 0 Å². The van der Waals surface area contributed by atoms with Gasteiger partial charge in [0.05, 0.1) is 6.10 Å². The number of hydrogen-bond donors (Lipinski definition) is 2. The predicted molar refractivity (Wildman–Crippen MR) is 57.9 cm³/mol. The van der Waals surface area contributed by atoms with Gasteiger partial charge in [0.2, 0.25) is 0 Å². The van der Waals surface area contributed by atoms with Crippen LogP contribution in [0.2, 0.25) is 0 Å². The second kappa shape index (κ2) is 10.0. The molecule has 1 unspecified atom stereocenters. The Morgan fingerprint density at radius 2 is 1.69 bits per heavy atom. The largest absolute Gasteiger partial charge is 0.392 e. The highest BCUT2D eigenvalue weighted by molar-refractivity contribution is 4.57. The van der Waals surface area contributed by atoms with Crippen LogP contribution in [0.4, 0.5) is 0 Å². The fourth-order valence-electron chi connectivity index (χ4n) is 1.50. The lowest BCUT2D eigenvalue weighted by molar-refractivity contribution is 0.160. The Bertz CT molecular complexity index is 96.1. The van der Waals surface area contributed by atoms with Gasteiger partial charge < -0.3 is 10.4 Å². The predicted octanol–water partition coefficient (Wildman–Crippen LogP) is 2.32. The summed E-state index contributed by atoms with van der Waals surface area (Å²) in [4.78, 5) is 0. The molecule has 0 saturated carbocycles. The van der Waals surface area contributed by atoms with Gasteiger partial charge in [-0.25, -0.2) is 0 Å². The third-order valence-corrected chi connectivity index (χ3v) is 2.33. The first-order valence-electron chi connectivity index (χ1n) is 5.64. The Balaban J connectivity index is 2.97. The van der Waals surface area contributed by atoms with Crippen LogP contribution in [0.5, 0.6) is 0 Å². The Morgan fingerprint density at radius 1 is 1.08 bits per heavy atom. The van der Waals surface area contributed by atoms with Crippen molar-refractivity contribution in [1.82, 2.24) is 5.32 Å². The maximum atomic E-state index is 9.39. The number of aliphatic hydroxyl groups is 1. The highest BCUT2D eigenvalue weighted by Gasteiger charge is 2.00. The molecule has 1 atom stereocenters. The van der Waals surface area contributed by atoms with E-state index < -0.39 is 0 Å². The molecule has 2 heteroatoms. The van der Waals surface area contributed by atoms with Crippen molar-refractivity contribution in [3.8, 4) is 0 Å². The third-order valence-electron chi connectivity index (χ3n) is 2.33. The second-order valence-corrected chi connectivity index (χ2v) is 3.77. The van der Waals surface area contributed by atoms with Gasteiger partial charge in [-0.3, -0.25) is 0 Å². The van der Waals surface area contributed by atoms with E-state index in [0.29, 0.717) is 0 Å². The fourth-order valence-corrected chi connectivity index (χ4v) is 1.50. The Kier molecular flexibility index (Phi) is 9.94. The second-order valence-electron chi connectivity index (χ2n) is 3.77. The lowest BCUT2D eigenvalue weighted by Gasteiger charge is -2.08. The van der Waals surface area contributed by atoms with Gasteiger partial charge in [0, 0.05) is 6.54 Å². The van der Waals surface area contributed by atoms with Gasteiger partial charge in [-0.15, -0.1) is 0 Å². The molecular formula is C11H25NO. The lowest BCUT2D eigenvalue weighted by Crippen LogP contribution is -2.23. The smallest absolute Gasteiger partial charge is 0.0664 e. The molecule has 0 aliphatic carbocycles. The monoisotopic (exact) mass is 187 g/mol. The maximum Gasteiger partial charge on any atom is 0.0664 e. The molecule has 0 bridgehead atoms. The molecule has 13 heavy (non-hydrogen) atoms. The van der Waals surface area contributed by atoms with Crippen molar-refractivity contribution in [3.63, 3.8) is 0 Å². The van der Waals surface area contributed by atoms with Gasteiger partial charge in [-0.2, -0.15) is 0 Å². The van der Waals surface area contributed by atoms with E-state index in [-0.39, 0.29) is 6.10 Å². The minimum Gasteiger partial charge on any atom is -0.392 e. The van der Waals surface area contributed by atoms with Gasteiger partial charge in [-0.05, 0) is 13.5 Å². The van der Waals surface area contributed by atoms with Crippen LogP contribution in [0.3, 0.4) is 0 Å². The summed E-state index contributed by atoms with van der Waals surface area (Å²) in [5.41, 5.74) is 0. The SMILES string of the molecule is CCCCCCCCC(O)CNC. The number of hydrogen-bond acceptors (Lipinski definition) is 2. The molecule has 0 rings (SSSR count). The van der Waals surface area contributed by atoms with Gasteiger partial charge in [0.25, 0.3) is 0 Å². The number of likely N-dealkylation sites (N-methyl/N-ethyl adjacent to an activating group) is 1. The minimum atomic E-state index is -0.142. The molecule has 0 aliphatic heterocycles. The molecule has 2 N–H and O–H groups in total. The van der Waals surface area contributed by atoms with Crippen LogP contribution in [0.15, 0.2) is 0 Å². The van der Waals surface area contributed by atoms with Crippen LogP contribution in [0, 0.1) is 0 Å². The highest BCUT2D eigenvalue weighted by Crippen LogP contribution is 2.08. The number of nitrogens with one attached hydrogen (secondary N) is 1. The van der Waals surface area contributed by atoms with E-state index in [1.807, 2.05) is 7.05 Å². The minimum absolute atomic E-state index is 0.142. The van der Waals surface area contributed by atoms with E-state index in [1.165, 1.54) is 38.5 Å². The van der Waals surface area contributed by atoms with Gasteiger partial charge >= 0.3 is 0 Å². The van der Waals surface area contributed by atoms with Crippen molar-refractivity contribution in [1.29, 1.82) is 0 Å². The van der Waals surface area contributed by atoms with Crippen molar-refractivity contribution in [3.05, 3.63) is 0 Å². The molecule has 0 spiro atoms. The standard InChI is InChI=1S/C11H25NO/c1-3-4-5-6-7-8-9-11(13)10-12-2/h11-13H,3-10H2,1-2H3. The zero-order valence-corrected chi connectivity index (χ0v) is 9.18. The molecule has 0 aromatic rings. The summed E-state index contributed by atoms with van der Waals surface area (Å²) >= 11 is 0. The summed E-state index contributed by atoms with van der Waals surface area (Å²) in [5, 5.41) is 12.4. The van der Waals surface area contributed by atoms with Gasteiger partial charge in [-0.1, -0.05) is 45.4 Å². The summed E-state index contributed by atoms with van der Waals surface area (Å²) < 4.78 is 0. The van der Waals surface area contributed by atoms with E-state index in [4.69, 9.17) is 0 Å². The summed E-state index contributed by atoms with van der Waals surface area (Å²) in [5.74, 6) is 0. The lowest BCUT2D eigenvalue weighted by atomic mass is 10.1. The number of rotatable bonds is 9. The van der Waals surface area contributed by atoms with E-state index in [1.54, 1.807) is 0 Å². The highest BCUT2D eigenvalue weighted by atomic mass is 16.3. The molecule has 0 amide bonds. The molecule has 0 heterocycles. The van der Waals surface area contributed by atoms with Crippen LogP contribution < -0.4 is 5.32 Å². The van der Waals surface area contributed by atoms with Crippen molar-refractivity contribution in [2.45, 2.75) is 58.0 Å². The summed E-state index contributed by atoms with van der Waals surface area (Å²) in [6, 6.07) is 0. The number of aliphatic hydroxyl groups excluding tert-OH is 1. The van der Waals surface area contributed by atoms with Crippen LogP contribution >= 0.6 is 0 Å². The fraction of sp³-hybridized carbons (Fsp3) is 1.00. The van der Waals surface area contributed by atoms with Crippen LogP contribution in [-0.2, 0) is 0 Å². The van der Waals surface area contributed by atoms with Crippen LogP contribution in [0.1, 0.15) is 51.9 Å². The normalized spacial score (nSPS) is 13.2. The van der Waals surface area contributed by atoms with Crippen LogP contribution in [-0.4, -0.2) is 24.8 Å². The van der Waals surface area contributed by atoms with E-state index in [9.17, 15) is 5.11 Å². The topological polar surface area (TPSA) is 32.3 Å². The molecule has 0 saturated heterocycles. The molecule has 0 radical (unpaired) electrons. The first-order chi connectivity index (χ1) is 6.31. The van der Waals surface area contributed by atoms with Crippen molar-refractivity contribution >= 4 is 0 Å². The first kappa shape index (κ1) is 12.9. The average Bonchev–Trinajstić information content (AvgIpc) is 2.11. The number of unbranched alkanes of at least 4 members (excludes halogenated alkanes) is 5. The van der Waals surface area contributed by atoms with Crippen molar-refractivity contribution in [2.75, 3.05) is 13.6 Å². The van der Waals surface area contributed by atoms with Gasteiger partial charge in [0.15, 0.2) is 0 Å². The zero-order chi connectivity index (χ0) is 9.94. The molecule has 0 aromatic carbocycles. The Morgan fingerprint density at radius 3 is 2.31 bits per heavy atom. The molecule has 0 aliphatic rings. The average molecular weight is 187 g/mol. The van der Waals surface area contributed by atoms with E-state index in [2.05, 4.69) is 12.2 Å². The van der Waals surface area contributed by atoms with E-state index in [0.717, 1.165) is 13.0 Å². The summed E-state index contributed by atoms with van der Waals surface area (Å²) in [6.07, 6.45) is 8.62. The van der Waals surface area contributed by atoms with Crippen LogP contribution in [0.25, 0.3) is 0 Å². The summed E-state index contributed by atoms with van der Waals surface area (Å²) in [7, 11) is 1.88. The van der Waals surface area contributed by atoms with Gasteiger partial charge in [0.1, 0.15) is 0 Å².